The number of amides is 2. The molecule has 0 radical (unpaired) electrons. The van der Waals surface area contributed by atoms with Crippen molar-refractivity contribution in [3.8, 4) is 0 Å². The van der Waals surface area contributed by atoms with E-state index in [1.165, 1.54) is 10.5 Å². The van der Waals surface area contributed by atoms with Crippen molar-refractivity contribution in [1.82, 2.24) is 4.90 Å². The summed E-state index contributed by atoms with van der Waals surface area (Å²) in [5.41, 5.74) is 3.94. The normalized spacial score (nSPS) is 16.0. The molecule has 2 aromatic carbocycles. The summed E-state index contributed by atoms with van der Waals surface area (Å²) >= 11 is 7.04. The Morgan fingerprint density at radius 2 is 1.88 bits per heavy atom. The lowest BCUT2D eigenvalue weighted by atomic mass is 10.1. The number of carbonyl (C=O) groups is 2. The van der Waals surface area contributed by atoms with Crippen molar-refractivity contribution in [3.05, 3.63) is 69.1 Å². The molecule has 4 nitrogen and oxygen atoms in total. The molecule has 3 rings (SSSR count). The molecule has 0 aliphatic carbocycles. The molecule has 0 atom stereocenters. The first-order valence-corrected chi connectivity index (χ1v) is 8.96. The Labute approximate surface area is 155 Å². The van der Waals surface area contributed by atoms with E-state index in [2.05, 4.69) is 5.32 Å². The first-order valence-electron chi connectivity index (χ1n) is 7.77. The Morgan fingerprint density at radius 1 is 1.12 bits per heavy atom. The van der Waals surface area contributed by atoms with Crippen LogP contribution in [-0.4, -0.2) is 22.7 Å². The lowest BCUT2D eigenvalue weighted by Gasteiger charge is -2.15. The van der Waals surface area contributed by atoms with Crippen molar-refractivity contribution in [2.45, 2.75) is 13.8 Å². The highest BCUT2D eigenvalue weighted by Crippen LogP contribution is 2.33. The van der Waals surface area contributed by atoms with Gasteiger partial charge in [-0.1, -0.05) is 35.9 Å². The van der Waals surface area contributed by atoms with Gasteiger partial charge in [0.15, 0.2) is 0 Å². The molecular formula is C19H17ClN2O2S. The fraction of sp³-hybridized carbons (Fsp3) is 0.158. The molecule has 1 N–H and O–H groups in total. The van der Waals surface area contributed by atoms with Crippen LogP contribution < -0.4 is 5.32 Å². The van der Waals surface area contributed by atoms with Crippen LogP contribution in [0, 0.1) is 13.8 Å². The number of nitrogens with zero attached hydrogens (tertiary/aromatic N) is 1. The molecule has 1 saturated heterocycles. The van der Waals surface area contributed by atoms with Gasteiger partial charge in [-0.3, -0.25) is 14.5 Å². The summed E-state index contributed by atoms with van der Waals surface area (Å²) in [6.07, 6.45) is 1.66. The topological polar surface area (TPSA) is 49.4 Å². The molecule has 2 aromatic rings. The Hall–Kier alpha value is -2.24. The van der Waals surface area contributed by atoms with Crippen molar-refractivity contribution < 1.29 is 9.59 Å². The molecule has 1 fully saturated rings. The number of thioether (sulfide) groups is 1. The third-order valence-electron chi connectivity index (χ3n) is 4.01. The number of aryl methyl sites for hydroxylation is 2. The van der Waals surface area contributed by atoms with E-state index in [1.807, 2.05) is 50.2 Å². The molecular weight excluding hydrogens is 356 g/mol. The maximum atomic E-state index is 12.5. The van der Waals surface area contributed by atoms with Crippen molar-refractivity contribution in [2.75, 3.05) is 12.0 Å². The lowest BCUT2D eigenvalue weighted by Crippen LogP contribution is -2.33. The van der Waals surface area contributed by atoms with Crippen molar-refractivity contribution in [3.63, 3.8) is 0 Å². The Bertz CT molecular complexity index is 879. The number of hydrogen-bond acceptors (Lipinski definition) is 4. The zero-order chi connectivity index (χ0) is 18.0. The molecule has 0 bridgehead atoms. The second-order valence-electron chi connectivity index (χ2n) is 5.77. The summed E-state index contributed by atoms with van der Waals surface area (Å²) < 4.78 is 0. The SMILES string of the molecule is Cc1ccc(NCN2C(=O)SC(=Cc3ccccc3Cl)C2=O)cc1C. The van der Waals surface area contributed by atoms with Crippen molar-refractivity contribution in [2.24, 2.45) is 0 Å². The van der Waals surface area contributed by atoms with E-state index >= 15 is 0 Å². The first-order chi connectivity index (χ1) is 12.0. The van der Waals surface area contributed by atoms with Gasteiger partial charge in [0.05, 0.1) is 11.6 Å². The largest absolute Gasteiger partial charge is 0.367 e. The van der Waals surface area contributed by atoms with Gasteiger partial charge in [-0.15, -0.1) is 0 Å². The summed E-state index contributed by atoms with van der Waals surface area (Å²) in [5, 5.41) is 3.38. The average molecular weight is 373 g/mol. The summed E-state index contributed by atoms with van der Waals surface area (Å²) in [6, 6.07) is 13.1. The first kappa shape index (κ1) is 17.6. The third-order valence-corrected chi connectivity index (χ3v) is 5.27. The number of benzene rings is 2. The molecule has 25 heavy (non-hydrogen) atoms. The van der Waals surface area contributed by atoms with E-state index in [0.717, 1.165) is 28.6 Å². The molecule has 0 spiro atoms. The minimum absolute atomic E-state index is 0.132. The summed E-state index contributed by atoms with van der Waals surface area (Å²) in [7, 11) is 0. The Balaban J connectivity index is 1.73. The van der Waals surface area contributed by atoms with Crippen LogP contribution in [0.25, 0.3) is 6.08 Å². The van der Waals surface area contributed by atoms with Gasteiger partial charge in [0.2, 0.25) is 0 Å². The standard InChI is InChI=1S/C19H17ClN2O2S/c1-12-7-8-15(9-13(12)2)21-11-22-18(23)17(25-19(22)24)10-14-5-3-4-6-16(14)20/h3-10,21H,11H2,1-2H3. The van der Waals surface area contributed by atoms with Gasteiger partial charge in [-0.25, -0.2) is 0 Å². The number of hydrogen-bond donors (Lipinski definition) is 1. The van der Waals surface area contributed by atoms with E-state index in [4.69, 9.17) is 11.6 Å². The van der Waals surface area contributed by atoms with E-state index in [1.54, 1.807) is 12.1 Å². The summed E-state index contributed by atoms with van der Waals surface area (Å²) in [4.78, 5) is 26.2. The number of imide groups is 1. The number of rotatable bonds is 4. The highest BCUT2D eigenvalue weighted by molar-refractivity contribution is 8.18. The number of anilines is 1. The molecule has 0 saturated carbocycles. The average Bonchev–Trinajstić information content (AvgIpc) is 2.85. The lowest BCUT2D eigenvalue weighted by molar-refractivity contribution is -0.122. The van der Waals surface area contributed by atoms with Crippen LogP contribution in [0.3, 0.4) is 0 Å². The van der Waals surface area contributed by atoms with Crippen LogP contribution in [0.5, 0.6) is 0 Å². The van der Waals surface area contributed by atoms with Gasteiger partial charge in [0, 0.05) is 10.7 Å². The highest BCUT2D eigenvalue weighted by atomic mass is 35.5. The van der Waals surface area contributed by atoms with Gasteiger partial charge < -0.3 is 5.32 Å². The molecule has 1 aliphatic heterocycles. The van der Waals surface area contributed by atoms with E-state index in [-0.39, 0.29) is 17.8 Å². The van der Waals surface area contributed by atoms with Crippen LogP contribution in [0.15, 0.2) is 47.4 Å². The summed E-state index contributed by atoms with van der Waals surface area (Å²) in [5.74, 6) is -0.314. The quantitative estimate of drug-likeness (QED) is 0.762. The fourth-order valence-corrected chi connectivity index (χ4v) is 3.41. The molecule has 6 heteroatoms. The predicted octanol–water partition coefficient (Wildman–Crippen LogP) is 5.06. The molecule has 1 heterocycles. The monoisotopic (exact) mass is 372 g/mol. The maximum Gasteiger partial charge on any atom is 0.295 e. The molecule has 1 aliphatic rings. The minimum Gasteiger partial charge on any atom is -0.367 e. The Kier molecular flexibility index (Phi) is 5.16. The minimum atomic E-state index is -0.314. The maximum absolute atomic E-state index is 12.5. The van der Waals surface area contributed by atoms with E-state index < -0.39 is 0 Å². The van der Waals surface area contributed by atoms with Gasteiger partial charge in [-0.05, 0) is 66.6 Å². The molecule has 2 amide bonds. The van der Waals surface area contributed by atoms with Crippen LogP contribution in [-0.2, 0) is 4.79 Å². The van der Waals surface area contributed by atoms with Gasteiger partial charge in [0.25, 0.3) is 11.1 Å². The second kappa shape index (κ2) is 7.33. The van der Waals surface area contributed by atoms with Crippen molar-refractivity contribution in [1.29, 1.82) is 0 Å². The van der Waals surface area contributed by atoms with Crippen LogP contribution in [0.2, 0.25) is 5.02 Å². The molecule has 128 valence electrons. The van der Waals surface area contributed by atoms with Crippen LogP contribution in [0.1, 0.15) is 16.7 Å². The number of nitrogens with one attached hydrogen (secondary N) is 1. The summed E-state index contributed by atoms with van der Waals surface area (Å²) in [6.45, 7) is 4.19. The highest BCUT2D eigenvalue weighted by Gasteiger charge is 2.34. The van der Waals surface area contributed by atoms with E-state index in [0.29, 0.717) is 9.93 Å². The zero-order valence-corrected chi connectivity index (χ0v) is 15.4. The van der Waals surface area contributed by atoms with E-state index in [9.17, 15) is 9.59 Å². The smallest absolute Gasteiger partial charge is 0.295 e. The van der Waals surface area contributed by atoms with Crippen LogP contribution in [0.4, 0.5) is 10.5 Å². The van der Waals surface area contributed by atoms with Gasteiger partial charge >= 0.3 is 0 Å². The van der Waals surface area contributed by atoms with Gasteiger partial charge in [0.1, 0.15) is 0 Å². The van der Waals surface area contributed by atoms with Gasteiger partial charge in [-0.2, -0.15) is 0 Å². The van der Waals surface area contributed by atoms with Crippen LogP contribution >= 0.6 is 23.4 Å². The van der Waals surface area contributed by atoms with Crippen molar-refractivity contribution >= 4 is 46.3 Å². The Morgan fingerprint density at radius 3 is 2.60 bits per heavy atom. The fourth-order valence-electron chi connectivity index (χ4n) is 2.39. The number of carbonyl (C=O) groups excluding carboxylic acids is 2. The predicted molar refractivity (Wildman–Crippen MR) is 104 cm³/mol. The number of halogens is 1. The second-order valence-corrected chi connectivity index (χ2v) is 7.17. The zero-order valence-electron chi connectivity index (χ0n) is 13.9. The molecule has 0 unspecified atom stereocenters. The third kappa shape index (κ3) is 3.89. The molecule has 0 aromatic heterocycles.